The highest BCUT2D eigenvalue weighted by Crippen LogP contribution is 2.48. The van der Waals surface area contributed by atoms with E-state index >= 15 is 0 Å². The second-order valence-corrected chi connectivity index (χ2v) is 6.98. The molecule has 2 aromatic carbocycles. The van der Waals surface area contributed by atoms with Crippen LogP contribution in [0.4, 0.5) is 18.9 Å². The number of ether oxygens (including phenoxy) is 1. The predicted octanol–water partition coefficient (Wildman–Crippen LogP) is 4.18. The number of allylic oxidation sites excluding steroid dienone is 1. The highest BCUT2D eigenvalue weighted by molar-refractivity contribution is 5.96. The summed E-state index contributed by atoms with van der Waals surface area (Å²) in [4.78, 5) is 0. The van der Waals surface area contributed by atoms with E-state index in [9.17, 15) is 18.4 Å². The van der Waals surface area contributed by atoms with E-state index in [2.05, 4.69) is 5.10 Å². The van der Waals surface area contributed by atoms with Crippen molar-refractivity contribution in [3.63, 3.8) is 0 Å². The topological polar surface area (TPSA) is 74.6 Å². The third-order valence-electron chi connectivity index (χ3n) is 5.13. The summed E-state index contributed by atoms with van der Waals surface area (Å²) in [5, 5.41) is 14.7. The van der Waals surface area contributed by atoms with E-state index in [1.165, 1.54) is 5.01 Å². The number of hydrazone groups is 1. The Bertz CT molecular complexity index is 1020. The van der Waals surface area contributed by atoms with Crippen molar-refractivity contribution in [3.05, 3.63) is 77.2 Å². The van der Waals surface area contributed by atoms with E-state index in [1.807, 2.05) is 13.0 Å². The third-order valence-corrected chi connectivity index (χ3v) is 5.13. The minimum absolute atomic E-state index is 0.0260. The Kier molecular flexibility index (Phi) is 4.46. The van der Waals surface area contributed by atoms with Crippen molar-refractivity contribution in [2.75, 3.05) is 5.01 Å². The first-order valence-electron chi connectivity index (χ1n) is 8.94. The molecule has 148 valence electrons. The Balaban J connectivity index is 1.90. The van der Waals surface area contributed by atoms with Gasteiger partial charge in [0.2, 0.25) is 12.1 Å². The number of para-hydroxylation sites is 1. The smallest absolute Gasteiger partial charge is 0.431 e. The van der Waals surface area contributed by atoms with Gasteiger partial charge in [0.25, 0.3) is 0 Å². The summed E-state index contributed by atoms with van der Waals surface area (Å²) in [6, 6.07) is 17.4. The number of rotatable bonds is 2. The molecule has 29 heavy (non-hydrogen) atoms. The van der Waals surface area contributed by atoms with Crippen LogP contribution in [0.15, 0.2) is 71.2 Å². The van der Waals surface area contributed by atoms with Crippen LogP contribution in [0.2, 0.25) is 0 Å². The van der Waals surface area contributed by atoms with Crippen LogP contribution in [0.5, 0.6) is 0 Å². The van der Waals surface area contributed by atoms with Crippen molar-refractivity contribution in [3.8, 4) is 6.07 Å². The van der Waals surface area contributed by atoms with Crippen molar-refractivity contribution in [1.29, 1.82) is 5.26 Å². The minimum atomic E-state index is -4.69. The van der Waals surface area contributed by atoms with Crippen molar-refractivity contribution in [2.45, 2.75) is 25.2 Å². The molecule has 2 N–H and O–H groups in total. The zero-order valence-electron chi connectivity index (χ0n) is 15.4. The van der Waals surface area contributed by atoms with E-state index in [-0.39, 0.29) is 11.5 Å². The number of fused-ring (bicyclic) bond motifs is 1. The summed E-state index contributed by atoms with van der Waals surface area (Å²) in [5.41, 5.74) is 6.91. The van der Waals surface area contributed by atoms with E-state index < -0.39 is 30.0 Å². The molecule has 0 amide bonds. The summed E-state index contributed by atoms with van der Waals surface area (Å²) < 4.78 is 47.5. The zero-order valence-corrected chi connectivity index (χ0v) is 15.4. The summed E-state index contributed by atoms with van der Waals surface area (Å²) >= 11 is 0. The quantitative estimate of drug-likeness (QED) is 0.823. The molecule has 3 unspecified atom stereocenters. The largest absolute Gasteiger partial charge is 0.452 e. The fraction of sp³-hybridized carbons (Fsp3) is 0.238. The summed E-state index contributed by atoms with van der Waals surface area (Å²) in [5.74, 6) is -2.34. The molecule has 2 heterocycles. The van der Waals surface area contributed by atoms with Gasteiger partial charge in [-0.05, 0) is 24.6 Å². The van der Waals surface area contributed by atoms with E-state index in [4.69, 9.17) is 10.5 Å². The molecular formula is C21H17F3N4O. The maximum Gasteiger partial charge on any atom is 0.431 e. The minimum Gasteiger partial charge on any atom is -0.452 e. The van der Waals surface area contributed by atoms with Gasteiger partial charge in [0.15, 0.2) is 5.71 Å². The van der Waals surface area contributed by atoms with Crippen molar-refractivity contribution in [2.24, 2.45) is 16.8 Å². The van der Waals surface area contributed by atoms with Crippen LogP contribution in [0.1, 0.15) is 17.0 Å². The van der Waals surface area contributed by atoms with Gasteiger partial charge in [0.05, 0.1) is 17.2 Å². The van der Waals surface area contributed by atoms with Gasteiger partial charge >= 0.3 is 6.18 Å². The van der Waals surface area contributed by atoms with Crippen LogP contribution in [0.25, 0.3) is 0 Å². The van der Waals surface area contributed by atoms with Crippen molar-refractivity contribution < 1.29 is 17.9 Å². The van der Waals surface area contributed by atoms with Gasteiger partial charge in [-0.25, -0.2) is 5.01 Å². The monoisotopic (exact) mass is 398 g/mol. The second-order valence-electron chi connectivity index (χ2n) is 6.98. The number of hydrogen-bond acceptors (Lipinski definition) is 5. The number of halogens is 3. The summed E-state index contributed by atoms with van der Waals surface area (Å²) in [7, 11) is 0. The molecule has 2 aliphatic rings. The predicted molar refractivity (Wildman–Crippen MR) is 102 cm³/mol. The van der Waals surface area contributed by atoms with Gasteiger partial charge in [0, 0.05) is 5.92 Å². The van der Waals surface area contributed by atoms with Gasteiger partial charge in [-0.3, -0.25) is 0 Å². The number of alkyl halides is 3. The molecule has 3 atom stereocenters. The van der Waals surface area contributed by atoms with Crippen LogP contribution < -0.4 is 10.7 Å². The average molecular weight is 398 g/mol. The van der Waals surface area contributed by atoms with Crippen LogP contribution in [-0.2, 0) is 4.74 Å². The fourth-order valence-electron chi connectivity index (χ4n) is 3.80. The maximum atomic E-state index is 14.0. The highest BCUT2D eigenvalue weighted by Gasteiger charge is 2.57. The summed E-state index contributed by atoms with van der Waals surface area (Å²) in [6.45, 7) is 1.88. The first kappa shape index (κ1) is 18.9. The van der Waals surface area contributed by atoms with Crippen LogP contribution >= 0.6 is 0 Å². The highest BCUT2D eigenvalue weighted by atomic mass is 19.4. The molecule has 0 saturated carbocycles. The lowest BCUT2D eigenvalue weighted by molar-refractivity contribution is -0.0658. The second kappa shape index (κ2) is 6.85. The Morgan fingerprint density at radius 3 is 2.34 bits per heavy atom. The lowest BCUT2D eigenvalue weighted by Crippen LogP contribution is -2.46. The number of nitrogens with zero attached hydrogens (tertiary/aromatic N) is 3. The third kappa shape index (κ3) is 3.18. The summed E-state index contributed by atoms with van der Waals surface area (Å²) in [6.07, 6.45) is -5.80. The first-order chi connectivity index (χ1) is 13.8. The molecule has 2 aliphatic heterocycles. The van der Waals surface area contributed by atoms with E-state index in [1.54, 1.807) is 54.6 Å². The van der Waals surface area contributed by atoms with Gasteiger partial charge in [-0.1, -0.05) is 48.0 Å². The van der Waals surface area contributed by atoms with E-state index in [0.29, 0.717) is 11.3 Å². The lowest BCUT2D eigenvalue weighted by Gasteiger charge is -2.37. The van der Waals surface area contributed by atoms with E-state index in [0.717, 1.165) is 5.56 Å². The molecular weight excluding hydrogens is 381 g/mol. The number of benzene rings is 2. The number of nitrogens with two attached hydrogens (primary N) is 1. The number of nitriles is 1. The van der Waals surface area contributed by atoms with Gasteiger partial charge in [0.1, 0.15) is 6.07 Å². The van der Waals surface area contributed by atoms with Gasteiger partial charge in [-0.15, -0.1) is 0 Å². The molecule has 5 nitrogen and oxygen atoms in total. The standard InChI is InChI=1S/C21H17F3N4O/c1-12-7-9-13(10-8-12)16-15(11-25)19(26)29-20-17(16)18(21(22,23)24)27-28(20)14-5-3-2-4-6-14/h2-10,16-17,20H,26H2,1H3. The van der Waals surface area contributed by atoms with Crippen molar-refractivity contribution in [1.82, 2.24) is 0 Å². The van der Waals surface area contributed by atoms with Crippen LogP contribution in [-0.4, -0.2) is 18.1 Å². The number of aryl methyl sites for hydroxylation is 1. The molecule has 0 spiro atoms. The number of hydrogen-bond donors (Lipinski definition) is 1. The Hall–Kier alpha value is -3.47. The van der Waals surface area contributed by atoms with Gasteiger partial charge < -0.3 is 10.5 Å². The Labute approximate surface area is 165 Å². The maximum absolute atomic E-state index is 14.0. The molecule has 8 heteroatoms. The number of anilines is 1. The van der Waals surface area contributed by atoms with Crippen LogP contribution in [0, 0.1) is 24.2 Å². The van der Waals surface area contributed by atoms with Crippen LogP contribution in [0.3, 0.4) is 0 Å². The normalized spacial score (nSPS) is 23.9. The lowest BCUT2D eigenvalue weighted by atomic mass is 9.76. The van der Waals surface area contributed by atoms with Gasteiger partial charge in [-0.2, -0.15) is 23.5 Å². The first-order valence-corrected chi connectivity index (χ1v) is 8.94. The Morgan fingerprint density at radius 2 is 1.76 bits per heavy atom. The molecule has 0 fully saturated rings. The average Bonchev–Trinajstić information content (AvgIpc) is 3.08. The zero-order chi connectivity index (χ0) is 20.8. The fourth-order valence-corrected chi connectivity index (χ4v) is 3.80. The molecule has 2 aromatic rings. The molecule has 0 bridgehead atoms. The Morgan fingerprint density at radius 1 is 1.10 bits per heavy atom. The molecule has 0 saturated heterocycles. The van der Waals surface area contributed by atoms with Crippen molar-refractivity contribution >= 4 is 11.4 Å². The molecule has 0 aromatic heterocycles. The molecule has 4 rings (SSSR count). The molecule has 0 radical (unpaired) electrons. The molecule has 0 aliphatic carbocycles. The SMILES string of the molecule is Cc1ccc(C2C(C#N)=C(N)OC3C2C(C(F)(F)F)=NN3c2ccccc2)cc1.